The zero-order valence-corrected chi connectivity index (χ0v) is 11.6. The fourth-order valence-corrected chi connectivity index (χ4v) is 1.88. The number of carbonyl (C=O) groups excluding carboxylic acids is 1. The Morgan fingerprint density at radius 2 is 2.15 bits per heavy atom. The number of nitrogens with two attached hydrogens (primary N) is 1. The van der Waals surface area contributed by atoms with E-state index in [1.807, 2.05) is 24.6 Å². The van der Waals surface area contributed by atoms with Crippen LogP contribution in [0.15, 0.2) is 18.5 Å². The summed E-state index contributed by atoms with van der Waals surface area (Å²) in [6.45, 7) is 5.31. The molecule has 3 N–H and O–H groups in total. The van der Waals surface area contributed by atoms with E-state index >= 15 is 0 Å². The fraction of sp³-hybridized carbons (Fsp3) is 0.385. The van der Waals surface area contributed by atoms with Gasteiger partial charge in [0.2, 0.25) is 0 Å². The highest BCUT2D eigenvalue weighted by atomic mass is 16.1. The van der Waals surface area contributed by atoms with Crippen molar-refractivity contribution in [2.24, 2.45) is 0 Å². The van der Waals surface area contributed by atoms with Crippen molar-refractivity contribution in [3.05, 3.63) is 35.5 Å². The third-order valence-corrected chi connectivity index (χ3v) is 2.84. The van der Waals surface area contributed by atoms with Gasteiger partial charge in [0.1, 0.15) is 11.5 Å². The number of carbonyl (C=O) groups is 1. The van der Waals surface area contributed by atoms with Crippen LogP contribution in [0.4, 0.5) is 5.82 Å². The molecule has 0 spiro atoms. The molecule has 7 heteroatoms. The quantitative estimate of drug-likeness (QED) is 0.782. The van der Waals surface area contributed by atoms with Gasteiger partial charge in [-0.1, -0.05) is 0 Å². The minimum atomic E-state index is -0.245. The van der Waals surface area contributed by atoms with Gasteiger partial charge in [0.05, 0.1) is 18.1 Å². The Balaban J connectivity index is 1.77. The predicted octanol–water partition coefficient (Wildman–Crippen LogP) is 0.692. The number of nitrogen functional groups attached to an aromatic ring is 1. The summed E-state index contributed by atoms with van der Waals surface area (Å²) in [7, 11) is 0. The number of amides is 1. The second-order valence-electron chi connectivity index (χ2n) is 4.59. The normalized spacial score (nSPS) is 10.5. The Bertz CT molecular complexity index is 589. The van der Waals surface area contributed by atoms with Crippen LogP contribution in [0.5, 0.6) is 0 Å². The number of anilines is 1. The Morgan fingerprint density at radius 3 is 2.75 bits per heavy atom. The van der Waals surface area contributed by atoms with Gasteiger partial charge in [-0.2, -0.15) is 5.10 Å². The molecule has 0 unspecified atom stereocenters. The number of nitrogens with one attached hydrogen (secondary N) is 1. The standard InChI is InChI=1S/C13H18N6O/c1-9-6-10(2)19(18-9)5-3-4-15-13(20)11-7-17-12(14)8-16-11/h6-8H,3-5H2,1-2H3,(H2,14,17)(H,15,20). The molecular weight excluding hydrogens is 256 g/mol. The van der Waals surface area contributed by atoms with Crippen LogP contribution in [-0.2, 0) is 6.54 Å². The summed E-state index contributed by atoms with van der Waals surface area (Å²) < 4.78 is 1.94. The van der Waals surface area contributed by atoms with Crippen LogP contribution in [0.2, 0.25) is 0 Å². The topological polar surface area (TPSA) is 98.7 Å². The van der Waals surface area contributed by atoms with Crippen LogP contribution < -0.4 is 11.1 Å². The molecule has 2 rings (SSSR count). The lowest BCUT2D eigenvalue weighted by atomic mass is 10.3. The molecule has 2 aromatic rings. The van der Waals surface area contributed by atoms with Gasteiger partial charge in [-0.05, 0) is 26.3 Å². The van der Waals surface area contributed by atoms with Crippen LogP contribution in [0.25, 0.3) is 0 Å². The van der Waals surface area contributed by atoms with Gasteiger partial charge < -0.3 is 11.1 Å². The molecule has 2 heterocycles. The number of hydrogen-bond acceptors (Lipinski definition) is 5. The van der Waals surface area contributed by atoms with Crippen LogP contribution in [-0.4, -0.2) is 32.2 Å². The maximum Gasteiger partial charge on any atom is 0.271 e. The van der Waals surface area contributed by atoms with E-state index in [1.54, 1.807) is 0 Å². The molecule has 0 atom stereocenters. The second-order valence-corrected chi connectivity index (χ2v) is 4.59. The first-order valence-corrected chi connectivity index (χ1v) is 6.43. The lowest BCUT2D eigenvalue weighted by molar-refractivity contribution is 0.0947. The van der Waals surface area contributed by atoms with Crippen molar-refractivity contribution in [1.82, 2.24) is 25.1 Å². The molecule has 0 saturated carbocycles. The Hall–Kier alpha value is -2.44. The summed E-state index contributed by atoms with van der Waals surface area (Å²) in [5.74, 6) is 0.0527. The van der Waals surface area contributed by atoms with Crippen LogP contribution >= 0.6 is 0 Å². The van der Waals surface area contributed by atoms with E-state index < -0.39 is 0 Å². The summed E-state index contributed by atoms with van der Waals surface area (Å²) >= 11 is 0. The number of hydrogen-bond donors (Lipinski definition) is 2. The summed E-state index contributed by atoms with van der Waals surface area (Å²) in [4.78, 5) is 19.5. The Kier molecular flexibility index (Phi) is 4.29. The number of aryl methyl sites for hydroxylation is 3. The molecule has 0 radical (unpaired) electrons. The summed E-state index contributed by atoms with van der Waals surface area (Å²) in [5, 5.41) is 7.15. The maximum atomic E-state index is 11.8. The van der Waals surface area contributed by atoms with Gasteiger partial charge >= 0.3 is 0 Å². The van der Waals surface area contributed by atoms with Gasteiger partial charge in [0, 0.05) is 18.8 Å². The van der Waals surface area contributed by atoms with E-state index in [9.17, 15) is 4.79 Å². The minimum absolute atomic E-state index is 0.245. The first-order valence-electron chi connectivity index (χ1n) is 6.43. The number of rotatable bonds is 5. The van der Waals surface area contributed by atoms with Crippen LogP contribution in [0, 0.1) is 13.8 Å². The highest BCUT2D eigenvalue weighted by Crippen LogP contribution is 2.02. The third-order valence-electron chi connectivity index (χ3n) is 2.84. The summed E-state index contributed by atoms with van der Waals surface area (Å²) in [6.07, 6.45) is 3.53. The van der Waals surface area contributed by atoms with Crippen molar-refractivity contribution >= 4 is 11.7 Å². The molecule has 2 aromatic heterocycles. The first-order chi connectivity index (χ1) is 9.56. The van der Waals surface area contributed by atoms with E-state index in [0.29, 0.717) is 12.4 Å². The van der Waals surface area contributed by atoms with Crippen LogP contribution in [0.1, 0.15) is 28.3 Å². The molecule has 0 fully saturated rings. The van der Waals surface area contributed by atoms with Gasteiger partial charge in [0.15, 0.2) is 0 Å². The van der Waals surface area contributed by atoms with Gasteiger partial charge in [-0.15, -0.1) is 0 Å². The van der Waals surface area contributed by atoms with E-state index in [4.69, 9.17) is 5.73 Å². The molecule has 7 nitrogen and oxygen atoms in total. The molecule has 0 aliphatic heterocycles. The van der Waals surface area contributed by atoms with Gasteiger partial charge in [-0.25, -0.2) is 9.97 Å². The Labute approximate surface area is 117 Å². The number of aromatic nitrogens is 4. The monoisotopic (exact) mass is 274 g/mol. The lowest BCUT2D eigenvalue weighted by Gasteiger charge is -2.06. The molecule has 0 aliphatic rings. The van der Waals surface area contributed by atoms with Crippen molar-refractivity contribution in [3.63, 3.8) is 0 Å². The molecular formula is C13H18N6O. The average molecular weight is 274 g/mol. The minimum Gasteiger partial charge on any atom is -0.382 e. The SMILES string of the molecule is Cc1cc(C)n(CCCNC(=O)c2cnc(N)cn2)n1. The van der Waals surface area contributed by atoms with Gasteiger partial charge in [0.25, 0.3) is 5.91 Å². The second kappa shape index (κ2) is 6.14. The van der Waals surface area contributed by atoms with E-state index in [-0.39, 0.29) is 11.6 Å². The zero-order chi connectivity index (χ0) is 14.5. The molecule has 0 aliphatic carbocycles. The molecule has 0 saturated heterocycles. The van der Waals surface area contributed by atoms with E-state index in [1.165, 1.54) is 12.4 Å². The van der Waals surface area contributed by atoms with Crippen molar-refractivity contribution < 1.29 is 4.79 Å². The zero-order valence-electron chi connectivity index (χ0n) is 11.6. The van der Waals surface area contributed by atoms with Crippen molar-refractivity contribution in [2.75, 3.05) is 12.3 Å². The van der Waals surface area contributed by atoms with E-state index in [2.05, 4.69) is 20.4 Å². The highest BCUT2D eigenvalue weighted by molar-refractivity contribution is 5.91. The van der Waals surface area contributed by atoms with Crippen LogP contribution in [0.3, 0.4) is 0 Å². The fourth-order valence-electron chi connectivity index (χ4n) is 1.88. The Morgan fingerprint density at radius 1 is 1.35 bits per heavy atom. The molecule has 20 heavy (non-hydrogen) atoms. The lowest BCUT2D eigenvalue weighted by Crippen LogP contribution is -2.26. The van der Waals surface area contributed by atoms with E-state index in [0.717, 1.165) is 24.4 Å². The molecule has 0 bridgehead atoms. The molecule has 1 amide bonds. The van der Waals surface area contributed by atoms with Crippen molar-refractivity contribution in [3.8, 4) is 0 Å². The third kappa shape index (κ3) is 3.53. The largest absolute Gasteiger partial charge is 0.382 e. The first kappa shape index (κ1) is 14.0. The van der Waals surface area contributed by atoms with Gasteiger partial charge in [-0.3, -0.25) is 9.48 Å². The summed E-state index contributed by atoms with van der Waals surface area (Å²) in [6, 6.07) is 2.03. The maximum absolute atomic E-state index is 11.8. The smallest absolute Gasteiger partial charge is 0.271 e. The number of nitrogens with zero attached hydrogens (tertiary/aromatic N) is 4. The predicted molar refractivity (Wildman–Crippen MR) is 75.1 cm³/mol. The summed E-state index contributed by atoms with van der Waals surface area (Å²) in [5.41, 5.74) is 7.81. The van der Waals surface area contributed by atoms with Crippen molar-refractivity contribution in [2.45, 2.75) is 26.8 Å². The van der Waals surface area contributed by atoms with Crippen molar-refractivity contribution in [1.29, 1.82) is 0 Å². The molecule has 0 aromatic carbocycles. The highest BCUT2D eigenvalue weighted by Gasteiger charge is 2.07. The molecule has 106 valence electrons. The average Bonchev–Trinajstić information content (AvgIpc) is 2.73.